The number of halogens is 1. The summed E-state index contributed by atoms with van der Waals surface area (Å²) in [5, 5.41) is 0. The molecule has 0 saturated carbocycles. The van der Waals surface area contributed by atoms with Gasteiger partial charge in [-0.1, -0.05) is 26.2 Å². The number of hydrogen-bond donors (Lipinski definition) is 0. The Kier molecular flexibility index (Phi) is 8.59. The average molecular weight is 300 g/mol. The van der Waals surface area contributed by atoms with Crippen LogP contribution in [-0.2, 0) is 9.47 Å². The van der Waals surface area contributed by atoms with Crippen molar-refractivity contribution in [3.05, 3.63) is 0 Å². The molecule has 0 radical (unpaired) electrons. The summed E-state index contributed by atoms with van der Waals surface area (Å²) in [5.41, 5.74) is 0. The van der Waals surface area contributed by atoms with Crippen LogP contribution in [0.2, 0.25) is 0 Å². The summed E-state index contributed by atoms with van der Waals surface area (Å²) in [6.07, 6.45) is 3.87. The van der Waals surface area contributed by atoms with Gasteiger partial charge in [-0.2, -0.15) is 0 Å². The Hall–Kier alpha value is 0. The molecule has 0 aromatic heterocycles. The Morgan fingerprint density at radius 2 is 2.08 bits per heavy atom. The van der Waals surface area contributed by atoms with Crippen LogP contribution in [0.5, 0.6) is 0 Å². The largest absolute Gasteiger partial charge is 0.509 e. The van der Waals surface area contributed by atoms with Crippen molar-refractivity contribution in [2.45, 2.75) is 43.6 Å². The number of unbranched alkanes of at least 4 members (excludes halogenated alkanes) is 3. The van der Waals surface area contributed by atoms with E-state index in [1.807, 2.05) is 22.6 Å². The Morgan fingerprint density at radius 3 is 2.62 bits per heavy atom. The lowest BCUT2D eigenvalue weighted by Gasteiger charge is -2.06. The molecule has 0 N–H and O–H groups in total. The first-order valence-corrected chi connectivity index (χ1v) is 5.89. The number of ether oxygens (including phenoxy) is 2. The van der Waals surface area contributed by atoms with E-state index in [1.54, 1.807) is 6.92 Å². The van der Waals surface area contributed by atoms with E-state index in [4.69, 9.17) is 9.47 Å². The zero-order chi connectivity index (χ0) is 10.1. The molecule has 13 heavy (non-hydrogen) atoms. The second-order valence-corrected chi connectivity index (χ2v) is 4.57. The minimum atomic E-state index is -0.557. The maximum atomic E-state index is 10.8. The fraction of sp³-hybridized carbons (Fsp3) is 0.889. The molecule has 1 atom stereocenters. The van der Waals surface area contributed by atoms with Crippen LogP contribution in [0.15, 0.2) is 0 Å². The first-order valence-electron chi connectivity index (χ1n) is 4.64. The molecule has 0 aliphatic rings. The van der Waals surface area contributed by atoms with Gasteiger partial charge in [0.25, 0.3) is 0 Å². The second kappa shape index (κ2) is 8.59. The summed E-state index contributed by atoms with van der Waals surface area (Å²) in [4.78, 5) is 10.8. The molecule has 0 spiro atoms. The first-order chi connectivity index (χ1) is 6.16. The van der Waals surface area contributed by atoms with E-state index in [-0.39, 0.29) is 4.11 Å². The summed E-state index contributed by atoms with van der Waals surface area (Å²) >= 11 is 2.01. The van der Waals surface area contributed by atoms with Crippen molar-refractivity contribution in [1.82, 2.24) is 0 Å². The normalized spacial score (nSPS) is 12.2. The molecule has 78 valence electrons. The van der Waals surface area contributed by atoms with Gasteiger partial charge in [-0.3, -0.25) is 0 Å². The van der Waals surface area contributed by atoms with Crippen molar-refractivity contribution in [3.8, 4) is 0 Å². The van der Waals surface area contributed by atoms with Crippen molar-refractivity contribution >= 4 is 28.7 Å². The van der Waals surface area contributed by atoms with Gasteiger partial charge in [-0.15, -0.1) is 0 Å². The highest BCUT2D eigenvalue weighted by Gasteiger charge is 2.05. The zero-order valence-corrected chi connectivity index (χ0v) is 10.4. The topological polar surface area (TPSA) is 35.5 Å². The molecular weight excluding hydrogens is 283 g/mol. The summed E-state index contributed by atoms with van der Waals surface area (Å²) in [5.74, 6) is 0. The molecule has 0 saturated heterocycles. The van der Waals surface area contributed by atoms with Gasteiger partial charge in [-0.05, 0) is 35.9 Å². The number of alkyl halides is 1. The zero-order valence-electron chi connectivity index (χ0n) is 8.22. The molecule has 0 fully saturated rings. The van der Waals surface area contributed by atoms with E-state index >= 15 is 0 Å². The summed E-state index contributed by atoms with van der Waals surface area (Å²) in [6.45, 7) is 4.41. The molecular formula is C9H17IO3. The molecule has 0 amide bonds. The first kappa shape index (κ1) is 13.0. The summed E-state index contributed by atoms with van der Waals surface area (Å²) < 4.78 is 9.49. The smallest absolute Gasteiger partial charge is 0.434 e. The quantitative estimate of drug-likeness (QED) is 0.326. The van der Waals surface area contributed by atoms with Crippen molar-refractivity contribution in [1.29, 1.82) is 0 Å². The van der Waals surface area contributed by atoms with Crippen molar-refractivity contribution in [3.63, 3.8) is 0 Å². The van der Waals surface area contributed by atoms with Gasteiger partial charge in [0.1, 0.15) is 0 Å². The molecule has 0 bridgehead atoms. The molecule has 0 aliphatic heterocycles. The van der Waals surface area contributed by atoms with Gasteiger partial charge in [0, 0.05) is 0 Å². The third-order valence-corrected chi connectivity index (χ3v) is 1.73. The van der Waals surface area contributed by atoms with E-state index < -0.39 is 6.16 Å². The van der Waals surface area contributed by atoms with Crippen LogP contribution in [0.1, 0.15) is 39.5 Å². The highest BCUT2D eigenvalue weighted by molar-refractivity contribution is 14.1. The number of rotatable bonds is 6. The van der Waals surface area contributed by atoms with Crippen LogP contribution in [-0.4, -0.2) is 16.9 Å². The van der Waals surface area contributed by atoms with Crippen LogP contribution in [0.3, 0.4) is 0 Å². The predicted octanol–water partition coefficient (Wildman–Crippen LogP) is 3.50. The van der Waals surface area contributed by atoms with E-state index in [9.17, 15) is 4.79 Å². The van der Waals surface area contributed by atoms with Gasteiger partial charge >= 0.3 is 6.16 Å². The fourth-order valence-electron chi connectivity index (χ4n) is 0.851. The summed E-state index contributed by atoms with van der Waals surface area (Å²) in [6, 6.07) is 0. The minimum Gasteiger partial charge on any atom is -0.434 e. The van der Waals surface area contributed by atoms with E-state index in [2.05, 4.69) is 6.92 Å². The van der Waals surface area contributed by atoms with Gasteiger partial charge in [0.05, 0.1) is 6.61 Å². The summed E-state index contributed by atoms with van der Waals surface area (Å²) in [7, 11) is 0. The Balaban J connectivity index is 3.17. The molecule has 0 rings (SSSR count). The molecule has 3 nitrogen and oxygen atoms in total. The maximum Gasteiger partial charge on any atom is 0.509 e. The van der Waals surface area contributed by atoms with Gasteiger partial charge in [0.2, 0.25) is 0 Å². The minimum absolute atomic E-state index is 0.124. The lowest BCUT2D eigenvalue weighted by Crippen LogP contribution is -2.11. The van der Waals surface area contributed by atoms with Gasteiger partial charge < -0.3 is 9.47 Å². The van der Waals surface area contributed by atoms with Crippen LogP contribution >= 0.6 is 22.6 Å². The van der Waals surface area contributed by atoms with Crippen LogP contribution in [0, 0.1) is 0 Å². The molecule has 0 aliphatic carbocycles. The monoisotopic (exact) mass is 300 g/mol. The lowest BCUT2D eigenvalue weighted by atomic mass is 10.2. The third-order valence-electron chi connectivity index (χ3n) is 1.48. The van der Waals surface area contributed by atoms with Crippen LogP contribution in [0.25, 0.3) is 0 Å². The van der Waals surface area contributed by atoms with Crippen molar-refractivity contribution in [2.75, 3.05) is 6.61 Å². The molecule has 4 heteroatoms. The Labute approximate surface area is 93.3 Å². The number of carbonyl (C=O) groups is 1. The second-order valence-electron chi connectivity index (χ2n) is 2.82. The van der Waals surface area contributed by atoms with Gasteiger partial charge in [-0.25, -0.2) is 4.79 Å². The number of hydrogen-bond acceptors (Lipinski definition) is 3. The molecule has 0 heterocycles. The third kappa shape index (κ3) is 9.92. The Morgan fingerprint density at radius 1 is 1.38 bits per heavy atom. The highest BCUT2D eigenvalue weighted by Crippen LogP contribution is 2.03. The van der Waals surface area contributed by atoms with E-state index in [0.29, 0.717) is 6.61 Å². The lowest BCUT2D eigenvalue weighted by molar-refractivity contribution is 0.0537. The molecule has 1 unspecified atom stereocenters. The molecule has 0 aromatic carbocycles. The maximum absolute atomic E-state index is 10.8. The standard InChI is InChI=1S/C9H17IO3/c1-3-4-5-6-7-12-9(11)13-8(2)10/h8H,3-7H2,1-2H3. The van der Waals surface area contributed by atoms with Crippen molar-refractivity contribution in [2.24, 2.45) is 0 Å². The Bertz CT molecular complexity index is 137. The predicted molar refractivity (Wildman–Crippen MR) is 60.1 cm³/mol. The van der Waals surface area contributed by atoms with Crippen molar-refractivity contribution < 1.29 is 14.3 Å². The van der Waals surface area contributed by atoms with Crippen LogP contribution in [0.4, 0.5) is 4.79 Å². The average Bonchev–Trinajstić information content (AvgIpc) is 2.02. The van der Waals surface area contributed by atoms with Gasteiger partial charge in [0.15, 0.2) is 4.11 Å². The molecule has 0 aromatic rings. The fourth-order valence-corrected chi connectivity index (χ4v) is 1.06. The van der Waals surface area contributed by atoms with E-state index in [1.165, 1.54) is 12.8 Å². The van der Waals surface area contributed by atoms with Crippen LogP contribution < -0.4 is 0 Å². The number of carbonyl (C=O) groups excluding carboxylic acids is 1. The van der Waals surface area contributed by atoms with E-state index in [0.717, 1.165) is 12.8 Å². The SMILES string of the molecule is CCCCCCOC(=O)OC(C)I. The highest BCUT2D eigenvalue weighted by atomic mass is 127.